The Morgan fingerprint density at radius 3 is 2.61 bits per heavy atom. The maximum Gasteiger partial charge on any atom is 0.342 e. The minimum absolute atomic E-state index is 0.0750. The number of allylic oxidation sites excluding steroid dienone is 1. The molecule has 0 spiro atoms. The zero-order chi connectivity index (χ0) is 23.4. The van der Waals surface area contributed by atoms with Crippen molar-refractivity contribution in [3.8, 4) is 5.69 Å². The first-order valence-electron chi connectivity index (χ1n) is 10.7. The van der Waals surface area contributed by atoms with Crippen LogP contribution in [0.15, 0.2) is 55.5 Å². The van der Waals surface area contributed by atoms with Gasteiger partial charge in [0.2, 0.25) is 0 Å². The summed E-state index contributed by atoms with van der Waals surface area (Å²) in [6.07, 6.45) is 6.45. The number of para-hydroxylation sites is 1. The van der Waals surface area contributed by atoms with Gasteiger partial charge < -0.3 is 15.0 Å². The highest BCUT2D eigenvalue weighted by molar-refractivity contribution is 6.00. The molecule has 1 amide bonds. The van der Waals surface area contributed by atoms with E-state index in [9.17, 15) is 9.59 Å². The van der Waals surface area contributed by atoms with E-state index in [4.69, 9.17) is 4.74 Å². The first-order chi connectivity index (χ1) is 16.0. The number of piperidine rings is 1. The summed E-state index contributed by atoms with van der Waals surface area (Å²) in [7, 11) is 1.34. The van der Waals surface area contributed by atoms with Crippen LogP contribution in [0, 0.1) is 0 Å². The van der Waals surface area contributed by atoms with Crippen LogP contribution in [0.2, 0.25) is 0 Å². The molecule has 2 aromatic heterocycles. The molecule has 9 heteroatoms. The molecule has 0 saturated carbocycles. The van der Waals surface area contributed by atoms with Crippen molar-refractivity contribution in [3.05, 3.63) is 72.2 Å². The van der Waals surface area contributed by atoms with E-state index in [0.717, 1.165) is 18.4 Å². The van der Waals surface area contributed by atoms with Crippen molar-refractivity contribution >= 4 is 23.3 Å². The van der Waals surface area contributed by atoms with Gasteiger partial charge >= 0.3 is 5.97 Å². The highest BCUT2D eigenvalue weighted by atomic mass is 16.5. The lowest BCUT2D eigenvalue weighted by Gasteiger charge is -2.34. The fraction of sp³-hybridized carbons (Fsp3) is 0.292. The molecule has 0 radical (unpaired) electrons. The predicted octanol–water partition coefficient (Wildman–Crippen LogP) is 3.20. The number of likely N-dealkylation sites (tertiary alicyclic amines) is 1. The number of carbonyl (C=O) groups excluding carboxylic acids is 2. The predicted molar refractivity (Wildman–Crippen MR) is 124 cm³/mol. The quantitative estimate of drug-likeness (QED) is 0.580. The third kappa shape index (κ3) is 4.62. The number of esters is 1. The van der Waals surface area contributed by atoms with Crippen LogP contribution in [0.3, 0.4) is 0 Å². The monoisotopic (exact) mass is 446 g/mol. The fourth-order valence-corrected chi connectivity index (χ4v) is 4.05. The van der Waals surface area contributed by atoms with E-state index in [1.807, 2.05) is 30.0 Å². The standard InChI is InChI=1S/C24H26N6O3/c1-16(2)18-10-11-25-22(21(18)24(32)33-3)28-17-7-6-14-29(15-17)23(31)19-8-4-5-9-20(19)30-26-12-13-27-30/h4-5,8-13,17H,1,6-7,14-15H2,2-3H3,(H,25,28). The Hall–Kier alpha value is -4.01. The fourth-order valence-electron chi connectivity index (χ4n) is 4.05. The minimum atomic E-state index is -0.479. The Kier molecular flexibility index (Phi) is 6.48. The Balaban J connectivity index is 1.57. The van der Waals surface area contributed by atoms with Crippen LogP contribution >= 0.6 is 0 Å². The number of hydrogen-bond acceptors (Lipinski definition) is 7. The second-order valence-electron chi connectivity index (χ2n) is 7.92. The molecule has 1 N–H and O–H groups in total. The lowest BCUT2D eigenvalue weighted by Crippen LogP contribution is -2.45. The second-order valence-corrected chi connectivity index (χ2v) is 7.92. The van der Waals surface area contributed by atoms with Crippen LogP contribution in [-0.2, 0) is 4.74 Å². The van der Waals surface area contributed by atoms with E-state index >= 15 is 0 Å². The molecule has 9 nitrogen and oxygen atoms in total. The molecule has 1 saturated heterocycles. The Bertz CT molecular complexity index is 1170. The van der Waals surface area contributed by atoms with Crippen LogP contribution in [0.25, 0.3) is 11.3 Å². The summed E-state index contributed by atoms with van der Waals surface area (Å²) in [5.74, 6) is -0.137. The van der Waals surface area contributed by atoms with Gasteiger partial charge in [0.1, 0.15) is 11.4 Å². The van der Waals surface area contributed by atoms with E-state index in [1.54, 1.807) is 30.7 Å². The van der Waals surface area contributed by atoms with Crippen LogP contribution in [0.1, 0.15) is 46.0 Å². The third-order valence-corrected chi connectivity index (χ3v) is 5.62. The minimum Gasteiger partial charge on any atom is -0.465 e. The van der Waals surface area contributed by atoms with Gasteiger partial charge in [0.25, 0.3) is 5.91 Å². The molecule has 3 heterocycles. The SMILES string of the molecule is C=C(C)c1ccnc(NC2CCCN(C(=O)c3ccccc3-n3nccn3)C2)c1C(=O)OC. The number of benzene rings is 1. The molecule has 1 fully saturated rings. The van der Waals surface area contributed by atoms with E-state index in [2.05, 4.69) is 27.1 Å². The van der Waals surface area contributed by atoms with Crippen LogP contribution < -0.4 is 5.32 Å². The largest absolute Gasteiger partial charge is 0.465 e. The highest BCUT2D eigenvalue weighted by Crippen LogP contribution is 2.26. The summed E-state index contributed by atoms with van der Waals surface area (Å²) < 4.78 is 4.98. The highest BCUT2D eigenvalue weighted by Gasteiger charge is 2.28. The van der Waals surface area contributed by atoms with Gasteiger partial charge in [-0.15, -0.1) is 0 Å². The zero-order valence-electron chi connectivity index (χ0n) is 18.7. The molecule has 1 aliphatic rings. The summed E-state index contributed by atoms with van der Waals surface area (Å²) in [6, 6.07) is 8.96. The number of methoxy groups -OCH3 is 1. The summed E-state index contributed by atoms with van der Waals surface area (Å²) in [4.78, 5) is 33.5. The number of ether oxygens (including phenoxy) is 1. The van der Waals surface area contributed by atoms with E-state index in [0.29, 0.717) is 41.3 Å². The number of anilines is 1. The van der Waals surface area contributed by atoms with Gasteiger partial charge in [0.05, 0.1) is 30.8 Å². The summed E-state index contributed by atoms with van der Waals surface area (Å²) in [6.45, 7) is 6.90. The molecule has 33 heavy (non-hydrogen) atoms. The van der Waals surface area contributed by atoms with Crippen LogP contribution in [0.4, 0.5) is 5.82 Å². The van der Waals surface area contributed by atoms with Crippen molar-refractivity contribution in [1.29, 1.82) is 0 Å². The number of carbonyl (C=O) groups is 2. The number of amides is 1. The average molecular weight is 447 g/mol. The molecule has 3 aromatic rings. The van der Waals surface area contributed by atoms with Crippen molar-refractivity contribution in [3.63, 3.8) is 0 Å². The molecule has 1 unspecified atom stereocenters. The van der Waals surface area contributed by atoms with Crippen molar-refractivity contribution < 1.29 is 14.3 Å². The van der Waals surface area contributed by atoms with Crippen LogP contribution in [-0.4, -0.2) is 63.0 Å². The van der Waals surface area contributed by atoms with E-state index in [-0.39, 0.29) is 11.9 Å². The van der Waals surface area contributed by atoms with Crippen LogP contribution in [0.5, 0.6) is 0 Å². The molecule has 1 aromatic carbocycles. The normalized spacial score (nSPS) is 15.7. The van der Waals surface area contributed by atoms with Crippen molar-refractivity contribution in [2.75, 3.05) is 25.5 Å². The molecule has 4 rings (SSSR count). The topological polar surface area (TPSA) is 102 Å². The first-order valence-corrected chi connectivity index (χ1v) is 10.7. The molecule has 1 aliphatic heterocycles. The molecule has 0 aliphatic carbocycles. The maximum absolute atomic E-state index is 13.4. The van der Waals surface area contributed by atoms with Gasteiger partial charge in [-0.25, -0.2) is 9.78 Å². The Labute approximate surface area is 192 Å². The van der Waals surface area contributed by atoms with Gasteiger partial charge in [-0.05, 0) is 43.5 Å². The van der Waals surface area contributed by atoms with Crippen molar-refractivity contribution in [2.24, 2.45) is 0 Å². The maximum atomic E-state index is 13.4. The van der Waals surface area contributed by atoms with Gasteiger partial charge in [0.15, 0.2) is 0 Å². The zero-order valence-corrected chi connectivity index (χ0v) is 18.7. The second kappa shape index (κ2) is 9.64. The Morgan fingerprint density at radius 2 is 1.88 bits per heavy atom. The van der Waals surface area contributed by atoms with Crippen molar-refractivity contribution in [1.82, 2.24) is 24.9 Å². The van der Waals surface area contributed by atoms with Gasteiger partial charge in [-0.1, -0.05) is 24.3 Å². The molecular weight excluding hydrogens is 420 g/mol. The number of nitrogens with one attached hydrogen (secondary N) is 1. The smallest absolute Gasteiger partial charge is 0.342 e. The number of nitrogens with zero attached hydrogens (tertiary/aromatic N) is 5. The molecule has 170 valence electrons. The number of pyridine rings is 1. The molecule has 0 bridgehead atoms. The summed E-state index contributed by atoms with van der Waals surface area (Å²) in [5, 5.41) is 11.7. The van der Waals surface area contributed by atoms with E-state index in [1.165, 1.54) is 11.9 Å². The van der Waals surface area contributed by atoms with Crippen molar-refractivity contribution in [2.45, 2.75) is 25.8 Å². The molecule has 1 atom stereocenters. The third-order valence-electron chi connectivity index (χ3n) is 5.62. The summed E-state index contributed by atoms with van der Waals surface area (Å²) in [5.41, 5.74) is 2.94. The average Bonchev–Trinajstić information content (AvgIpc) is 3.38. The number of hydrogen-bond donors (Lipinski definition) is 1. The van der Waals surface area contributed by atoms with Gasteiger partial charge in [-0.2, -0.15) is 15.0 Å². The Morgan fingerprint density at radius 1 is 1.12 bits per heavy atom. The van der Waals surface area contributed by atoms with Gasteiger partial charge in [-0.3, -0.25) is 4.79 Å². The van der Waals surface area contributed by atoms with Gasteiger partial charge in [0, 0.05) is 25.3 Å². The number of aromatic nitrogens is 4. The molecular formula is C24H26N6O3. The summed E-state index contributed by atoms with van der Waals surface area (Å²) >= 11 is 0. The lowest BCUT2D eigenvalue weighted by molar-refractivity contribution is 0.0599. The first kappa shape index (κ1) is 22.2. The van der Waals surface area contributed by atoms with E-state index < -0.39 is 5.97 Å². The lowest BCUT2D eigenvalue weighted by atomic mass is 10.0. The number of rotatable bonds is 6.